The summed E-state index contributed by atoms with van der Waals surface area (Å²) in [5, 5.41) is 14.9. The van der Waals surface area contributed by atoms with Gasteiger partial charge in [-0.15, -0.1) is 0 Å². The van der Waals surface area contributed by atoms with E-state index in [0.717, 1.165) is 11.4 Å². The second-order valence-electron chi connectivity index (χ2n) is 5.63. The molecule has 0 spiro atoms. The molecule has 2 N–H and O–H groups in total. The number of aromatic nitrogens is 1. The Morgan fingerprint density at radius 1 is 1.11 bits per heavy atom. The molecule has 0 saturated carbocycles. The summed E-state index contributed by atoms with van der Waals surface area (Å²) in [5.41, 5.74) is 2.22. The molecule has 0 bridgehead atoms. The molecule has 0 saturated heterocycles. The smallest absolute Gasteiger partial charge is 0.259 e. The van der Waals surface area contributed by atoms with Gasteiger partial charge in [0.15, 0.2) is 0 Å². The first-order valence-corrected chi connectivity index (χ1v) is 8.46. The van der Waals surface area contributed by atoms with Crippen molar-refractivity contribution in [2.75, 3.05) is 17.2 Å². The molecule has 1 amide bonds. The molecule has 0 fully saturated rings. The molecule has 134 valence electrons. The first-order valence-electron chi connectivity index (χ1n) is 8.46. The summed E-state index contributed by atoms with van der Waals surface area (Å²) in [7, 11) is 0. The lowest BCUT2D eigenvalue weighted by Gasteiger charge is -2.12. The number of amides is 1. The predicted molar refractivity (Wildman–Crippen MR) is 104 cm³/mol. The minimum atomic E-state index is -0.313. The van der Waals surface area contributed by atoms with E-state index in [2.05, 4.69) is 21.7 Å². The van der Waals surface area contributed by atoms with Crippen molar-refractivity contribution >= 4 is 23.1 Å². The number of hydrogen-bond donors (Lipinski definition) is 2. The third-order valence-corrected chi connectivity index (χ3v) is 3.73. The minimum Gasteiger partial charge on any atom is -0.494 e. The fourth-order valence-corrected chi connectivity index (χ4v) is 2.49. The van der Waals surface area contributed by atoms with Crippen molar-refractivity contribution < 1.29 is 9.53 Å². The highest BCUT2D eigenvalue weighted by molar-refractivity contribution is 6.07. The Balaban J connectivity index is 1.78. The zero-order valence-electron chi connectivity index (χ0n) is 14.8. The molecule has 6 heteroatoms. The molecule has 1 aromatic heterocycles. The van der Waals surface area contributed by atoms with Crippen molar-refractivity contribution in [1.29, 1.82) is 5.26 Å². The van der Waals surface area contributed by atoms with Crippen molar-refractivity contribution in [1.82, 2.24) is 4.98 Å². The lowest BCUT2D eigenvalue weighted by atomic mass is 10.2. The van der Waals surface area contributed by atoms with Crippen LogP contribution in [-0.2, 0) is 0 Å². The van der Waals surface area contributed by atoms with E-state index < -0.39 is 0 Å². The third kappa shape index (κ3) is 4.61. The highest BCUT2D eigenvalue weighted by Gasteiger charge is 2.13. The van der Waals surface area contributed by atoms with Crippen LogP contribution in [0.3, 0.4) is 0 Å². The average Bonchev–Trinajstić information content (AvgIpc) is 2.70. The number of carbonyl (C=O) groups is 1. The molecule has 0 radical (unpaired) electrons. The number of ether oxygens (including phenoxy) is 1. The van der Waals surface area contributed by atoms with E-state index in [-0.39, 0.29) is 5.91 Å². The summed E-state index contributed by atoms with van der Waals surface area (Å²) >= 11 is 0. The summed E-state index contributed by atoms with van der Waals surface area (Å²) in [6.45, 7) is 2.53. The summed E-state index contributed by atoms with van der Waals surface area (Å²) < 4.78 is 5.43. The number of nitrogens with one attached hydrogen (secondary N) is 2. The van der Waals surface area contributed by atoms with Gasteiger partial charge in [0.1, 0.15) is 11.6 Å². The van der Waals surface area contributed by atoms with E-state index in [9.17, 15) is 4.79 Å². The van der Waals surface area contributed by atoms with Crippen LogP contribution < -0.4 is 15.4 Å². The summed E-state index contributed by atoms with van der Waals surface area (Å²) in [4.78, 5) is 16.9. The summed E-state index contributed by atoms with van der Waals surface area (Å²) in [6, 6.07) is 19.6. The monoisotopic (exact) mass is 358 g/mol. The maximum Gasteiger partial charge on any atom is 0.259 e. The lowest BCUT2D eigenvalue weighted by molar-refractivity contribution is 0.102. The first kappa shape index (κ1) is 18.0. The van der Waals surface area contributed by atoms with Gasteiger partial charge in [0.2, 0.25) is 0 Å². The number of anilines is 3. The molecule has 1 heterocycles. The first-order chi connectivity index (χ1) is 13.2. The van der Waals surface area contributed by atoms with Crippen LogP contribution in [-0.4, -0.2) is 17.5 Å². The van der Waals surface area contributed by atoms with E-state index in [0.29, 0.717) is 29.2 Å². The molecule has 0 aliphatic rings. The molecule has 3 rings (SSSR count). The minimum absolute atomic E-state index is 0.313. The normalized spacial score (nSPS) is 9.93. The standard InChI is InChI=1S/C21H18N4O2/c1-2-27-18-10-8-16(9-11-18)24-20-19(7-4-12-23-20)21(26)25-17-6-3-5-15(13-17)14-22/h3-13H,2H2,1H3,(H,23,24)(H,25,26). The zero-order chi connectivity index (χ0) is 19.1. The Bertz CT molecular complexity index is 978. The van der Waals surface area contributed by atoms with Crippen molar-refractivity contribution in [2.24, 2.45) is 0 Å². The maximum absolute atomic E-state index is 12.7. The van der Waals surface area contributed by atoms with Crippen LogP contribution in [0.15, 0.2) is 66.9 Å². The van der Waals surface area contributed by atoms with Crippen LogP contribution in [0.2, 0.25) is 0 Å². The van der Waals surface area contributed by atoms with Gasteiger partial charge >= 0.3 is 0 Å². The molecule has 0 atom stereocenters. The fourth-order valence-electron chi connectivity index (χ4n) is 2.49. The van der Waals surface area contributed by atoms with E-state index >= 15 is 0 Å². The van der Waals surface area contributed by atoms with Gasteiger partial charge in [0.05, 0.1) is 23.8 Å². The van der Waals surface area contributed by atoms with Gasteiger partial charge in [-0.2, -0.15) is 5.26 Å². The second kappa shape index (κ2) is 8.50. The van der Waals surface area contributed by atoms with Gasteiger partial charge in [0.25, 0.3) is 5.91 Å². The molecule has 0 aliphatic heterocycles. The molecular formula is C21H18N4O2. The predicted octanol–water partition coefficient (Wildman–Crippen LogP) is 4.35. The molecular weight excluding hydrogens is 340 g/mol. The zero-order valence-corrected chi connectivity index (χ0v) is 14.8. The molecule has 0 aliphatic carbocycles. The van der Waals surface area contributed by atoms with Crippen molar-refractivity contribution in [2.45, 2.75) is 6.92 Å². The van der Waals surface area contributed by atoms with Gasteiger partial charge in [-0.05, 0) is 61.5 Å². The van der Waals surface area contributed by atoms with E-state index in [1.165, 1.54) is 0 Å². The molecule has 0 unspecified atom stereocenters. The van der Waals surface area contributed by atoms with Crippen LogP contribution in [0.1, 0.15) is 22.8 Å². The lowest BCUT2D eigenvalue weighted by Crippen LogP contribution is -2.14. The number of hydrogen-bond acceptors (Lipinski definition) is 5. The third-order valence-electron chi connectivity index (χ3n) is 3.73. The molecule has 3 aromatic rings. The molecule has 2 aromatic carbocycles. The number of pyridine rings is 1. The quantitative estimate of drug-likeness (QED) is 0.684. The highest BCUT2D eigenvalue weighted by Crippen LogP contribution is 2.22. The number of nitriles is 1. The van der Waals surface area contributed by atoms with Gasteiger partial charge in [-0.1, -0.05) is 6.07 Å². The SMILES string of the molecule is CCOc1ccc(Nc2ncccc2C(=O)Nc2cccc(C#N)c2)cc1. The van der Waals surface area contributed by atoms with Crippen LogP contribution >= 0.6 is 0 Å². The van der Waals surface area contributed by atoms with Crippen LogP contribution in [0.4, 0.5) is 17.2 Å². The van der Waals surface area contributed by atoms with E-state index in [1.54, 1.807) is 42.6 Å². The van der Waals surface area contributed by atoms with Crippen LogP contribution in [0.25, 0.3) is 0 Å². The number of rotatable bonds is 6. The topological polar surface area (TPSA) is 87.0 Å². The summed E-state index contributed by atoms with van der Waals surface area (Å²) in [5.74, 6) is 0.904. The largest absolute Gasteiger partial charge is 0.494 e. The summed E-state index contributed by atoms with van der Waals surface area (Å²) in [6.07, 6.45) is 1.62. The maximum atomic E-state index is 12.7. The van der Waals surface area contributed by atoms with E-state index in [4.69, 9.17) is 10.00 Å². The van der Waals surface area contributed by atoms with Gasteiger partial charge < -0.3 is 15.4 Å². The van der Waals surface area contributed by atoms with Crippen LogP contribution in [0, 0.1) is 11.3 Å². The average molecular weight is 358 g/mol. The number of nitrogens with zero attached hydrogens (tertiary/aromatic N) is 2. The van der Waals surface area contributed by atoms with Gasteiger partial charge in [0, 0.05) is 17.6 Å². The molecule has 27 heavy (non-hydrogen) atoms. The van der Waals surface area contributed by atoms with Crippen molar-refractivity contribution in [3.8, 4) is 11.8 Å². The van der Waals surface area contributed by atoms with Gasteiger partial charge in [-0.25, -0.2) is 4.98 Å². The Kier molecular flexibility index (Phi) is 5.65. The van der Waals surface area contributed by atoms with Crippen molar-refractivity contribution in [3.63, 3.8) is 0 Å². The molecule has 6 nitrogen and oxygen atoms in total. The Labute approximate surface area is 157 Å². The van der Waals surface area contributed by atoms with Crippen molar-refractivity contribution in [3.05, 3.63) is 78.0 Å². The number of carbonyl (C=O) groups excluding carboxylic acids is 1. The number of benzene rings is 2. The Hall–Kier alpha value is -3.85. The fraction of sp³-hybridized carbons (Fsp3) is 0.0952. The Morgan fingerprint density at radius 2 is 1.93 bits per heavy atom. The van der Waals surface area contributed by atoms with Crippen LogP contribution in [0.5, 0.6) is 5.75 Å². The second-order valence-corrected chi connectivity index (χ2v) is 5.63. The van der Waals surface area contributed by atoms with Gasteiger partial charge in [-0.3, -0.25) is 4.79 Å². The Morgan fingerprint density at radius 3 is 2.67 bits per heavy atom. The highest BCUT2D eigenvalue weighted by atomic mass is 16.5. The van der Waals surface area contributed by atoms with E-state index in [1.807, 2.05) is 31.2 Å².